The van der Waals surface area contributed by atoms with E-state index in [1.165, 1.54) is 27.9 Å². The number of fused-ring (bicyclic) bond motifs is 1. The van der Waals surface area contributed by atoms with Crippen LogP contribution >= 0.6 is 11.3 Å². The van der Waals surface area contributed by atoms with Crippen molar-refractivity contribution >= 4 is 23.1 Å². The molecule has 4 rings (SSSR count). The zero-order chi connectivity index (χ0) is 22.2. The van der Waals surface area contributed by atoms with Crippen molar-refractivity contribution in [3.63, 3.8) is 0 Å². The fourth-order valence-electron chi connectivity index (χ4n) is 3.61. The Bertz CT molecular complexity index is 1070. The average molecular weight is 449 g/mol. The monoisotopic (exact) mass is 449 g/mol. The highest BCUT2D eigenvalue weighted by molar-refractivity contribution is 7.12. The van der Waals surface area contributed by atoms with Gasteiger partial charge in [0, 0.05) is 18.2 Å². The molecule has 1 unspecified atom stereocenters. The first-order valence-electron chi connectivity index (χ1n) is 10.00. The molecule has 1 amide bonds. The van der Waals surface area contributed by atoms with Crippen LogP contribution in [0.25, 0.3) is 0 Å². The molecule has 0 aliphatic carbocycles. The van der Waals surface area contributed by atoms with Gasteiger partial charge >= 0.3 is 6.18 Å². The van der Waals surface area contributed by atoms with Crippen molar-refractivity contribution in [2.75, 3.05) is 11.4 Å². The van der Waals surface area contributed by atoms with E-state index in [4.69, 9.17) is 4.74 Å². The topological polar surface area (TPSA) is 47.4 Å². The van der Waals surface area contributed by atoms with E-state index in [-0.39, 0.29) is 24.7 Å². The molecule has 0 bridgehead atoms. The van der Waals surface area contributed by atoms with E-state index in [9.17, 15) is 18.0 Å². The summed E-state index contributed by atoms with van der Waals surface area (Å²) in [4.78, 5) is 14.9. The zero-order valence-corrected chi connectivity index (χ0v) is 18.0. The van der Waals surface area contributed by atoms with Crippen LogP contribution in [0.2, 0.25) is 0 Å². The largest absolute Gasteiger partial charge is 0.489 e. The van der Waals surface area contributed by atoms with Crippen LogP contribution in [0, 0.1) is 6.92 Å². The van der Waals surface area contributed by atoms with Gasteiger partial charge in [-0.1, -0.05) is 19.1 Å². The highest BCUT2D eigenvalue weighted by Crippen LogP contribution is 2.40. The van der Waals surface area contributed by atoms with Crippen molar-refractivity contribution in [2.45, 2.75) is 45.5 Å². The minimum Gasteiger partial charge on any atom is -0.489 e. The van der Waals surface area contributed by atoms with Gasteiger partial charge in [-0.3, -0.25) is 9.69 Å². The van der Waals surface area contributed by atoms with Crippen LogP contribution in [0.1, 0.15) is 45.9 Å². The molecule has 164 valence electrons. The standard InChI is InChI=1S/C22H22F3N3O2S/c1-3-15-4-6-17(7-5-15)30-12-16-11-18(31-13-16)21(29)27-9-8-19(22(23,24)25)28-20(27)10-14(2)26-28/h4-7,10-11,13,19H,3,8-9,12H2,1-2H3. The maximum atomic E-state index is 13.4. The van der Waals surface area contributed by atoms with Gasteiger partial charge < -0.3 is 4.74 Å². The Kier molecular flexibility index (Phi) is 5.79. The van der Waals surface area contributed by atoms with Gasteiger partial charge in [0.05, 0.1) is 10.6 Å². The summed E-state index contributed by atoms with van der Waals surface area (Å²) in [5, 5.41) is 5.82. The summed E-state index contributed by atoms with van der Waals surface area (Å²) in [7, 11) is 0. The zero-order valence-electron chi connectivity index (χ0n) is 17.1. The van der Waals surface area contributed by atoms with Crippen LogP contribution in [0.3, 0.4) is 0 Å². The molecule has 0 fully saturated rings. The van der Waals surface area contributed by atoms with E-state index in [1.807, 2.05) is 29.6 Å². The Morgan fingerprint density at radius 2 is 1.97 bits per heavy atom. The van der Waals surface area contributed by atoms with E-state index in [2.05, 4.69) is 12.0 Å². The molecular formula is C22H22F3N3O2S. The molecule has 3 aromatic rings. The molecule has 1 atom stereocenters. The van der Waals surface area contributed by atoms with E-state index >= 15 is 0 Å². The number of benzene rings is 1. The third-order valence-corrected chi connectivity index (χ3v) is 6.23. The first kappa shape index (κ1) is 21.4. The molecule has 0 radical (unpaired) electrons. The molecular weight excluding hydrogens is 427 g/mol. The summed E-state index contributed by atoms with van der Waals surface area (Å²) in [6.07, 6.45) is -3.68. The third-order valence-electron chi connectivity index (χ3n) is 5.26. The first-order chi connectivity index (χ1) is 14.8. The molecule has 1 aliphatic rings. The van der Waals surface area contributed by atoms with Crippen molar-refractivity contribution in [1.29, 1.82) is 0 Å². The van der Waals surface area contributed by atoms with Gasteiger partial charge in [-0.15, -0.1) is 11.3 Å². The molecule has 31 heavy (non-hydrogen) atoms. The van der Waals surface area contributed by atoms with E-state index in [0.717, 1.165) is 22.4 Å². The summed E-state index contributed by atoms with van der Waals surface area (Å²) in [6, 6.07) is 9.37. The number of aryl methyl sites for hydroxylation is 2. The fourth-order valence-corrected chi connectivity index (χ4v) is 4.46. The Balaban J connectivity index is 1.48. The Labute approximate surface area is 182 Å². The summed E-state index contributed by atoms with van der Waals surface area (Å²) >= 11 is 1.26. The van der Waals surface area contributed by atoms with Gasteiger partial charge in [-0.05, 0) is 48.9 Å². The van der Waals surface area contributed by atoms with Crippen LogP contribution in [0.15, 0.2) is 41.8 Å². The average Bonchev–Trinajstić information content (AvgIpc) is 3.36. The highest BCUT2D eigenvalue weighted by atomic mass is 32.1. The number of hydrogen-bond donors (Lipinski definition) is 0. The number of amides is 1. The normalized spacial score (nSPS) is 16.3. The minimum atomic E-state index is -4.41. The number of carbonyl (C=O) groups excluding carboxylic acids is 1. The maximum Gasteiger partial charge on any atom is 0.410 e. The van der Waals surface area contributed by atoms with Crippen molar-refractivity contribution < 1.29 is 22.7 Å². The number of ether oxygens (including phenoxy) is 1. The smallest absolute Gasteiger partial charge is 0.410 e. The molecule has 3 heterocycles. The lowest BCUT2D eigenvalue weighted by Crippen LogP contribution is -2.42. The quantitative estimate of drug-likeness (QED) is 0.513. The number of carbonyl (C=O) groups is 1. The number of rotatable bonds is 5. The summed E-state index contributed by atoms with van der Waals surface area (Å²) in [5.74, 6) is 0.591. The lowest BCUT2D eigenvalue weighted by atomic mass is 10.1. The molecule has 2 aromatic heterocycles. The summed E-state index contributed by atoms with van der Waals surface area (Å²) in [5.41, 5.74) is 2.50. The van der Waals surface area contributed by atoms with Crippen LogP contribution in [0.4, 0.5) is 19.0 Å². The van der Waals surface area contributed by atoms with Crippen LogP contribution in [-0.4, -0.2) is 28.4 Å². The van der Waals surface area contributed by atoms with Crippen LogP contribution < -0.4 is 9.64 Å². The van der Waals surface area contributed by atoms with Gasteiger partial charge in [0.25, 0.3) is 5.91 Å². The van der Waals surface area contributed by atoms with E-state index < -0.39 is 12.2 Å². The van der Waals surface area contributed by atoms with Crippen LogP contribution in [0.5, 0.6) is 5.75 Å². The lowest BCUT2D eigenvalue weighted by molar-refractivity contribution is -0.172. The highest BCUT2D eigenvalue weighted by Gasteiger charge is 2.46. The molecule has 0 saturated carbocycles. The van der Waals surface area contributed by atoms with Gasteiger partial charge in [-0.25, -0.2) is 4.68 Å². The van der Waals surface area contributed by atoms with Gasteiger partial charge in [0.2, 0.25) is 0 Å². The SMILES string of the molecule is CCc1ccc(OCc2csc(C(=O)N3CCC(C(F)(F)F)n4nc(C)cc43)c2)cc1. The number of hydrogen-bond acceptors (Lipinski definition) is 4. The van der Waals surface area contributed by atoms with E-state index in [1.54, 1.807) is 13.0 Å². The Morgan fingerprint density at radius 1 is 1.23 bits per heavy atom. The number of halogens is 3. The van der Waals surface area contributed by atoms with Crippen molar-refractivity contribution in [2.24, 2.45) is 0 Å². The first-order valence-corrected chi connectivity index (χ1v) is 10.9. The minimum absolute atomic E-state index is 0.0122. The third kappa shape index (κ3) is 4.46. The second-order valence-corrected chi connectivity index (χ2v) is 8.41. The van der Waals surface area contributed by atoms with E-state index in [0.29, 0.717) is 17.2 Å². The Morgan fingerprint density at radius 3 is 2.65 bits per heavy atom. The number of alkyl halides is 3. The molecule has 5 nitrogen and oxygen atoms in total. The number of aromatic nitrogens is 2. The van der Waals surface area contributed by atoms with Gasteiger partial charge in [0.15, 0.2) is 6.04 Å². The predicted octanol–water partition coefficient (Wildman–Crippen LogP) is 5.55. The number of nitrogens with zero attached hydrogens (tertiary/aromatic N) is 3. The summed E-state index contributed by atoms with van der Waals surface area (Å²) < 4.78 is 46.8. The molecule has 0 spiro atoms. The number of anilines is 1. The van der Waals surface area contributed by atoms with Crippen molar-refractivity contribution in [3.05, 3.63) is 63.5 Å². The second-order valence-electron chi connectivity index (χ2n) is 7.50. The van der Waals surface area contributed by atoms with Crippen molar-refractivity contribution in [1.82, 2.24) is 9.78 Å². The second kappa shape index (κ2) is 8.37. The Hall–Kier alpha value is -2.81. The molecule has 1 aromatic carbocycles. The van der Waals surface area contributed by atoms with Crippen LogP contribution in [-0.2, 0) is 13.0 Å². The lowest BCUT2D eigenvalue weighted by Gasteiger charge is -2.33. The van der Waals surface area contributed by atoms with Crippen molar-refractivity contribution in [3.8, 4) is 5.75 Å². The molecule has 0 saturated heterocycles. The number of thiophene rings is 1. The molecule has 1 aliphatic heterocycles. The van der Waals surface area contributed by atoms with Gasteiger partial charge in [-0.2, -0.15) is 18.3 Å². The van der Waals surface area contributed by atoms with Gasteiger partial charge in [0.1, 0.15) is 18.2 Å². The molecule has 0 N–H and O–H groups in total. The summed E-state index contributed by atoms with van der Waals surface area (Å²) in [6.45, 7) is 4.00. The fraction of sp³-hybridized carbons (Fsp3) is 0.364. The predicted molar refractivity (Wildman–Crippen MR) is 113 cm³/mol. The maximum absolute atomic E-state index is 13.4. The molecule has 9 heteroatoms.